The lowest BCUT2D eigenvalue weighted by Crippen LogP contribution is -2.43. The second kappa shape index (κ2) is 7.84. The molecule has 1 rings (SSSR count). The Labute approximate surface area is 129 Å². The average Bonchev–Trinajstić information content (AvgIpc) is 2.40. The number of aliphatic hydroxyl groups excluding tert-OH is 1. The van der Waals surface area contributed by atoms with Crippen LogP contribution in [0.25, 0.3) is 0 Å². The first-order valence-corrected chi connectivity index (χ1v) is 7.06. The number of carbonyl (C=O) groups is 1. The number of rotatable bonds is 6. The number of ether oxygens (including phenoxy) is 1. The van der Waals surface area contributed by atoms with Gasteiger partial charge < -0.3 is 15.2 Å². The Bertz CT molecular complexity index is 466. The zero-order valence-corrected chi connectivity index (χ0v) is 13.2. The van der Waals surface area contributed by atoms with E-state index in [1.807, 2.05) is 13.8 Å². The monoisotopic (exact) mass is 319 g/mol. The molecule has 2 atom stereocenters. The maximum atomic E-state index is 11.6. The summed E-state index contributed by atoms with van der Waals surface area (Å²) in [5.41, 5.74) is 0.527. The number of hydrogen-bond donors (Lipinski definition) is 2. The molecule has 20 heavy (non-hydrogen) atoms. The normalized spacial score (nSPS) is 14.2. The van der Waals surface area contributed by atoms with Gasteiger partial charge in [0.2, 0.25) is 0 Å². The quantitative estimate of drug-likeness (QED) is 0.792. The van der Waals surface area contributed by atoms with Gasteiger partial charge in [-0.25, -0.2) is 0 Å². The summed E-state index contributed by atoms with van der Waals surface area (Å²) in [5.74, 6) is -0.311. The molecule has 1 aromatic rings. The zero-order valence-electron chi connectivity index (χ0n) is 11.7. The van der Waals surface area contributed by atoms with Crippen LogP contribution in [0.3, 0.4) is 0 Å². The molecule has 2 N–H and O–H groups in total. The van der Waals surface area contributed by atoms with Crippen LogP contribution in [0, 0.1) is 5.92 Å². The van der Waals surface area contributed by atoms with Crippen LogP contribution >= 0.6 is 23.2 Å². The van der Waals surface area contributed by atoms with Crippen LogP contribution in [-0.2, 0) is 9.53 Å². The van der Waals surface area contributed by atoms with Crippen molar-refractivity contribution in [2.75, 3.05) is 13.7 Å². The third-order valence-corrected chi connectivity index (χ3v) is 3.55. The van der Waals surface area contributed by atoms with Crippen molar-refractivity contribution in [2.45, 2.75) is 26.0 Å². The lowest BCUT2D eigenvalue weighted by atomic mass is 10.0. The van der Waals surface area contributed by atoms with E-state index in [0.717, 1.165) is 0 Å². The van der Waals surface area contributed by atoms with Gasteiger partial charge in [0.1, 0.15) is 6.04 Å². The molecule has 0 saturated carbocycles. The van der Waals surface area contributed by atoms with Gasteiger partial charge in [0.05, 0.1) is 13.2 Å². The van der Waals surface area contributed by atoms with Crippen molar-refractivity contribution in [3.63, 3.8) is 0 Å². The summed E-state index contributed by atoms with van der Waals surface area (Å²) in [6.07, 6.45) is -0.855. The lowest BCUT2D eigenvalue weighted by molar-refractivity contribution is -0.144. The lowest BCUT2D eigenvalue weighted by Gasteiger charge is -2.22. The van der Waals surface area contributed by atoms with E-state index in [-0.39, 0.29) is 18.4 Å². The van der Waals surface area contributed by atoms with Crippen LogP contribution < -0.4 is 5.32 Å². The first kappa shape index (κ1) is 17.2. The Morgan fingerprint density at radius 1 is 1.40 bits per heavy atom. The summed E-state index contributed by atoms with van der Waals surface area (Å²) in [6.45, 7) is 3.97. The average molecular weight is 320 g/mol. The predicted molar refractivity (Wildman–Crippen MR) is 80.1 cm³/mol. The number of esters is 1. The molecule has 0 aliphatic rings. The van der Waals surface area contributed by atoms with Crippen LogP contribution in [0.5, 0.6) is 0 Å². The highest BCUT2D eigenvalue weighted by Crippen LogP contribution is 2.26. The molecule has 0 aromatic heterocycles. The molecule has 1 aromatic carbocycles. The van der Waals surface area contributed by atoms with Crippen LogP contribution in [0.2, 0.25) is 10.0 Å². The Balaban J connectivity index is 2.72. The highest BCUT2D eigenvalue weighted by Gasteiger charge is 2.24. The van der Waals surface area contributed by atoms with Gasteiger partial charge in [-0.15, -0.1) is 0 Å². The fourth-order valence-electron chi connectivity index (χ4n) is 1.84. The molecule has 112 valence electrons. The number of nitrogens with one attached hydrogen (secondary N) is 1. The number of aliphatic hydroxyl groups is 1. The van der Waals surface area contributed by atoms with E-state index >= 15 is 0 Å². The van der Waals surface area contributed by atoms with E-state index in [1.165, 1.54) is 7.11 Å². The van der Waals surface area contributed by atoms with Gasteiger partial charge in [-0.05, 0) is 24.1 Å². The molecule has 0 bridgehead atoms. The molecular formula is C14H19Cl2NO3. The van der Waals surface area contributed by atoms with Crippen molar-refractivity contribution in [1.82, 2.24) is 5.32 Å². The van der Waals surface area contributed by atoms with Crippen LogP contribution in [0.4, 0.5) is 0 Å². The van der Waals surface area contributed by atoms with Crippen LogP contribution in [-0.4, -0.2) is 30.8 Å². The molecule has 0 spiro atoms. The van der Waals surface area contributed by atoms with Crippen molar-refractivity contribution >= 4 is 29.2 Å². The van der Waals surface area contributed by atoms with Gasteiger partial charge in [-0.3, -0.25) is 4.79 Å². The van der Waals surface area contributed by atoms with Gasteiger partial charge in [-0.2, -0.15) is 0 Å². The smallest absolute Gasteiger partial charge is 0.323 e. The summed E-state index contributed by atoms with van der Waals surface area (Å²) >= 11 is 11.9. The van der Waals surface area contributed by atoms with Gasteiger partial charge in [0.15, 0.2) is 0 Å². The minimum Gasteiger partial charge on any atom is -0.468 e. The van der Waals surface area contributed by atoms with Crippen molar-refractivity contribution in [1.29, 1.82) is 0 Å². The zero-order chi connectivity index (χ0) is 15.3. The van der Waals surface area contributed by atoms with E-state index in [2.05, 4.69) is 5.32 Å². The van der Waals surface area contributed by atoms with Crippen molar-refractivity contribution in [3.8, 4) is 0 Å². The molecule has 0 amide bonds. The number of carbonyl (C=O) groups excluding carboxylic acids is 1. The summed E-state index contributed by atoms with van der Waals surface area (Å²) in [6, 6.07) is 4.41. The highest BCUT2D eigenvalue weighted by molar-refractivity contribution is 6.33. The van der Waals surface area contributed by atoms with E-state index < -0.39 is 12.1 Å². The fourth-order valence-corrected chi connectivity index (χ4v) is 2.26. The SMILES string of the molecule is COC(=O)C(NCC(O)c1cc(Cl)ccc1Cl)C(C)C. The van der Waals surface area contributed by atoms with Gasteiger partial charge in [0.25, 0.3) is 0 Å². The first-order valence-electron chi connectivity index (χ1n) is 6.31. The van der Waals surface area contributed by atoms with Gasteiger partial charge >= 0.3 is 5.97 Å². The number of hydrogen-bond acceptors (Lipinski definition) is 4. The Kier molecular flexibility index (Phi) is 6.76. The number of methoxy groups -OCH3 is 1. The molecule has 0 saturated heterocycles. The maximum Gasteiger partial charge on any atom is 0.323 e. The minimum atomic E-state index is -0.855. The van der Waals surface area contributed by atoms with Gasteiger partial charge in [-0.1, -0.05) is 37.0 Å². The predicted octanol–water partition coefficient (Wildman–Crippen LogP) is 2.81. The standard InChI is InChI=1S/C14H19Cl2NO3/c1-8(2)13(14(19)20-3)17-7-12(18)10-6-9(15)4-5-11(10)16/h4-6,8,12-13,17-18H,7H2,1-3H3. The Morgan fingerprint density at radius 2 is 2.05 bits per heavy atom. The van der Waals surface area contributed by atoms with Crippen molar-refractivity contribution in [3.05, 3.63) is 33.8 Å². The molecule has 0 fully saturated rings. The number of benzene rings is 1. The van der Waals surface area contributed by atoms with Crippen LogP contribution in [0.1, 0.15) is 25.5 Å². The third-order valence-electron chi connectivity index (χ3n) is 2.97. The number of halogens is 2. The second-order valence-electron chi connectivity index (χ2n) is 4.83. The molecule has 0 heterocycles. The Morgan fingerprint density at radius 3 is 2.60 bits per heavy atom. The molecule has 0 aliphatic heterocycles. The maximum absolute atomic E-state index is 11.6. The third kappa shape index (κ3) is 4.63. The van der Waals surface area contributed by atoms with Gasteiger partial charge in [0, 0.05) is 22.2 Å². The molecule has 4 nitrogen and oxygen atoms in total. The van der Waals surface area contributed by atoms with E-state index in [9.17, 15) is 9.90 Å². The summed E-state index contributed by atoms with van der Waals surface area (Å²) in [7, 11) is 1.34. The second-order valence-corrected chi connectivity index (χ2v) is 5.68. The van der Waals surface area contributed by atoms with Crippen LogP contribution in [0.15, 0.2) is 18.2 Å². The van der Waals surface area contributed by atoms with Crippen molar-refractivity contribution in [2.24, 2.45) is 5.92 Å². The Hall–Kier alpha value is -0.810. The molecular weight excluding hydrogens is 301 g/mol. The van der Waals surface area contributed by atoms with E-state index in [0.29, 0.717) is 15.6 Å². The largest absolute Gasteiger partial charge is 0.468 e. The minimum absolute atomic E-state index is 0.0458. The van der Waals surface area contributed by atoms with E-state index in [4.69, 9.17) is 27.9 Å². The summed E-state index contributed by atoms with van der Waals surface area (Å²) < 4.78 is 4.72. The molecule has 0 aliphatic carbocycles. The fraction of sp³-hybridized carbons (Fsp3) is 0.500. The highest BCUT2D eigenvalue weighted by atomic mass is 35.5. The molecule has 2 unspecified atom stereocenters. The first-order chi connectivity index (χ1) is 9.36. The molecule has 6 heteroatoms. The summed E-state index contributed by atoms with van der Waals surface area (Å²) in [5, 5.41) is 14.1. The van der Waals surface area contributed by atoms with Crippen molar-refractivity contribution < 1.29 is 14.6 Å². The van der Waals surface area contributed by atoms with E-state index in [1.54, 1.807) is 18.2 Å². The summed E-state index contributed by atoms with van der Waals surface area (Å²) in [4.78, 5) is 11.6. The molecule has 0 radical (unpaired) electrons. The topological polar surface area (TPSA) is 58.6 Å².